The van der Waals surface area contributed by atoms with Crippen LogP contribution in [0.25, 0.3) is 6.08 Å². The first-order chi connectivity index (χ1) is 30.4. The molecule has 0 spiro atoms. The number of methoxy groups -OCH3 is 3. The summed E-state index contributed by atoms with van der Waals surface area (Å²) in [6, 6.07) is 6.21. The summed E-state index contributed by atoms with van der Waals surface area (Å²) in [4.78, 5) is 58.7. The zero-order chi connectivity index (χ0) is 46.9. The predicted octanol–water partition coefficient (Wildman–Crippen LogP) is 6.82. The number of esters is 1. The van der Waals surface area contributed by atoms with Gasteiger partial charge in [0, 0.05) is 51.2 Å². The minimum Gasteiger partial charge on any atom is -0.456 e. The van der Waals surface area contributed by atoms with E-state index in [1.807, 2.05) is 50.3 Å². The fourth-order valence-electron chi connectivity index (χ4n) is 10.2. The van der Waals surface area contributed by atoms with Gasteiger partial charge in [-0.05, 0) is 118 Å². The van der Waals surface area contributed by atoms with Gasteiger partial charge in [0.05, 0.1) is 30.5 Å². The average molecular weight is 915 g/mol. The molecule has 356 valence electrons. The van der Waals surface area contributed by atoms with Gasteiger partial charge in [-0.3, -0.25) is 14.4 Å². The summed E-state index contributed by atoms with van der Waals surface area (Å²) in [7, 11) is 4.62. The number of ether oxygens (including phenoxy) is 5. The van der Waals surface area contributed by atoms with Crippen molar-refractivity contribution in [3.63, 3.8) is 0 Å². The van der Waals surface area contributed by atoms with E-state index in [-0.39, 0.29) is 55.4 Å². The number of hydrogen-bond donors (Lipinski definition) is 3. The molecule has 13 nitrogen and oxygen atoms in total. The van der Waals surface area contributed by atoms with Crippen molar-refractivity contribution in [2.75, 3.05) is 27.9 Å². The molecule has 14 atom stereocenters. The number of fused-ring (bicyclic) bond motifs is 3. The molecule has 1 aliphatic carbocycles. The van der Waals surface area contributed by atoms with Crippen molar-refractivity contribution in [2.24, 2.45) is 29.6 Å². The maximum atomic E-state index is 14.5. The van der Waals surface area contributed by atoms with Crippen LogP contribution in [0, 0.1) is 29.6 Å². The molecule has 5 rings (SSSR count). The second-order valence-electron chi connectivity index (χ2n) is 18.9. The summed E-state index contributed by atoms with van der Waals surface area (Å²) in [6.07, 6.45) is 6.78. The van der Waals surface area contributed by atoms with Gasteiger partial charge in [-0.2, -0.15) is 0 Å². The highest BCUT2D eigenvalue weighted by Crippen LogP contribution is 2.39. The van der Waals surface area contributed by atoms with E-state index >= 15 is 0 Å². The lowest BCUT2D eigenvalue weighted by Crippen LogP contribution is -2.64. The van der Waals surface area contributed by atoms with Crippen LogP contribution in [0.1, 0.15) is 111 Å². The third-order valence-corrected chi connectivity index (χ3v) is 14.3. The number of halogens is 1. The zero-order valence-electron chi connectivity index (χ0n) is 39.0. The van der Waals surface area contributed by atoms with Gasteiger partial charge in [-0.25, -0.2) is 4.79 Å². The van der Waals surface area contributed by atoms with Gasteiger partial charge in [0.25, 0.3) is 11.7 Å². The summed E-state index contributed by atoms with van der Waals surface area (Å²) in [5.74, 6) is -7.51. The lowest BCUT2D eigenvalue weighted by Gasteiger charge is -2.47. The Morgan fingerprint density at radius 1 is 0.875 bits per heavy atom. The smallest absolute Gasteiger partial charge is 0.329 e. The molecular formula is C50H72ClNO12. The highest BCUT2D eigenvalue weighted by molar-refractivity contribution is 6.39. The Labute approximate surface area is 384 Å². The van der Waals surface area contributed by atoms with Crippen LogP contribution in [-0.4, -0.2) is 126 Å². The first kappa shape index (κ1) is 51.7. The molecule has 2 saturated heterocycles. The molecule has 3 aliphatic heterocycles. The van der Waals surface area contributed by atoms with Crippen LogP contribution in [0.15, 0.2) is 53.6 Å². The monoisotopic (exact) mass is 913 g/mol. The Bertz CT molecular complexity index is 1850. The van der Waals surface area contributed by atoms with Crippen molar-refractivity contribution in [2.45, 2.75) is 160 Å². The van der Waals surface area contributed by atoms with E-state index in [2.05, 4.69) is 6.92 Å². The Balaban J connectivity index is 1.55. The number of rotatable bonds is 8. The highest BCUT2D eigenvalue weighted by atomic mass is 35.5. The number of benzene rings is 1. The molecule has 1 unspecified atom stereocenters. The number of ketones is 2. The quantitative estimate of drug-likeness (QED) is 0.141. The number of cyclic esters (lactones) is 1. The number of carbonyl (C=O) groups is 4. The molecular weight excluding hydrogens is 842 g/mol. The van der Waals surface area contributed by atoms with Crippen LogP contribution in [0.4, 0.5) is 0 Å². The summed E-state index contributed by atoms with van der Waals surface area (Å²) in [6.45, 7) is 9.34. The molecule has 14 heteroatoms. The van der Waals surface area contributed by atoms with Gasteiger partial charge in [0.15, 0.2) is 5.78 Å². The number of carbonyl (C=O) groups excluding carboxylic acids is 4. The number of aliphatic hydroxyl groups is 3. The number of aliphatic hydroxyl groups excluding tert-OH is 2. The molecule has 3 N–H and O–H groups in total. The van der Waals surface area contributed by atoms with E-state index in [9.17, 15) is 34.5 Å². The third-order valence-electron chi connectivity index (χ3n) is 14.0. The number of piperidine rings is 1. The van der Waals surface area contributed by atoms with Gasteiger partial charge < -0.3 is 43.9 Å². The van der Waals surface area contributed by atoms with E-state index in [0.29, 0.717) is 67.5 Å². The van der Waals surface area contributed by atoms with Crippen LogP contribution in [0.3, 0.4) is 0 Å². The lowest BCUT2D eigenvalue weighted by atomic mass is 9.81. The average Bonchev–Trinajstić information content (AvgIpc) is 3.27. The molecule has 1 aromatic carbocycles. The van der Waals surface area contributed by atoms with Crippen molar-refractivity contribution in [3.05, 3.63) is 64.2 Å². The lowest BCUT2D eigenvalue weighted by molar-refractivity contribution is -0.302. The van der Waals surface area contributed by atoms with Gasteiger partial charge in [0.1, 0.15) is 18.2 Å². The molecule has 2 bridgehead atoms. The molecule has 0 aromatic heterocycles. The van der Waals surface area contributed by atoms with Crippen molar-refractivity contribution in [1.82, 2.24) is 4.90 Å². The standard InChI is InChI=1S/C50H72ClNO12/c1-29-22-30(2)24-43(61-7)46-44(62-8)26-32(4)50(59,64-46)47(56)48(57)52-21-10-9-14-38(52)49(58)63-45(31(3)25-35-17-20-39(53)42(27-35)60-6)33(5)40(54)28-41(55)36(23-29)13-11-12-34-15-18-37(51)19-16-34/h11-12,15-16,18-19,23,25,29-30,32-33,35,38-40,42-46,53-54,59H,9-10,13-14,17,20-22,24,26-28H2,1-8H3/t29?,30-,32+,33+,35-,38-,39+,40-,42+,43-,44-,45+,46+,50+/m0/s1. The maximum absolute atomic E-state index is 14.5. The van der Waals surface area contributed by atoms with Crippen LogP contribution in [0.5, 0.6) is 0 Å². The Morgan fingerprint density at radius 2 is 1.55 bits per heavy atom. The van der Waals surface area contributed by atoms with Gasteiger partial charge in [-0.1, -0.05) is 75.7 Å². The molecule has 0 radical (unpaired) electrons. The second kappa shape index (κ2) is 23.5. The largest absolute Gasteiger partial charge is 0.456 e. The summed E-state index contributed by atoms with van der Waals surface area (Å²) in [5, 5.41) is 35.2. The van der Waals surface area contributed by atoms with Crippen LogP contribution >= 0.6 is 11.6 Å². The Kier molecular flexibility index (Phi) is 18.9. The number of nitrogens with zero attached hydrogens (tertiary/aromatic N) is 1. The Hall–Kier alpha value is -3.27. The normalized spacial score (nSPS) is 37.1. The van der Waals surface area contributed by atoms with E-state index in [1.165, 1.54) is 19.1 Å². The molecule has 1 amide bonds. The van der Waals surface area contributed by atoms with E-state index in [4.69, 9.17) is 35.3 Å². The van der Waals surface area contributed by atoms with Gasteiger partial charge in [-0.15, -0.1) is 0 Å². The number of allylic oxidation sites excluding steroid dienone is 4. The summed E-state index contributed by atoms with van der Waals surface area (Å²) < 4.78 is 30.0. The van der Waals surface area contributed by atoms with E-state index < -0.39 is 77.9 Å². The SMILES string of the molecule is CO[C@H]1C[C@@H](C)CC(C)C=C(CC=Cc2ccc(Cl)cc2)C(=O)C[C@H](O)[C@@H](C)[C@@H](C(C)=C[C@@H]2CC[C@@H](O)[C@H](OC)C2)OC(=O)[C@@H]2CCCCN2C(=O)C(=O)[C@]2(O)O[C@H]1[C@@H](OC)C[C@H]2C. The third kappa shape index (κ3) is 12.8. The van der Waals surface area contributed by atoms with Crippen molar-refractivity contribution < 1.29 is 58.2 Å². The van der Waals surface area contributed by atoms with Crippen LogP contribution in [-0.2, 0) is 42.9 Å². The minimum absolute atomic E-state index is 0.00199. The van der Waals surface area contributed by atoms with E-state index in [1.54, 1.807) is 33.1 Å². The molecule has 4 aliphatic rings. The fraction of sp³-hybridized carbons (Fsp3) is 0.680. The minimum atomic E-state index is -2.53. The molecule has 3 fully saturated rings. The van der Waals surface area contributed by atoms with Gasteiger partial charge in [0.2, 0.25) is 5.79 Å². The highest BCUT2D eigenvalue weighted by Gasteiger charge is 2.56. The number of amides is 1. The van der Waals surface area contributed by atoms with Crippen molar-refractivity contribution in [3.8, 4) is 0 Å². The van der Waals surface area contributed by atoms with Crippen molar-refractivity contribution in [1.29, 1.82) is 0 Å². The Morgan fingerprint density at radius 3 is 2.22 bits per heavy atom. The summed E-state index contributed by atoms with van der Waals surface area (Å²) in [5.41, 5.74) is 2.08. The number of Topliss-reactive ketones (excluding diaryl/α,β-unsaturated/α-hetero) is 2. The molecule has 64 heavy (non-hydrogen) atoms. The fourth-order valence-corrected chi connectivity index (χ4v) is 10.3. The summed E-state index contributed by atoms with van der Waals surface area (Å²) >= 11 is 6.12. The topological polar surface area (TPSA) is 178 Å². The zero-order valence-corrected chi connectivity index (χ0v) is 39.7. The van der Waals surface area contributed by atoms with E-state index in [0.717, 1.165) is 5.56 Å². The molecule has 1 aromatic rings. The molecule has 3 heterocycles. The second-order valence-corrected chi connectivity index (χ2v) is 19.4. The van der Waals surface area contributed by atoms with Crippen LogP contribution < -0.4 is 0 Å². The number of hydrogen-bond acceptors (Lipinski definition) is 12. The van der Waals surface area contributed by atoms with Crippen molar-refractivity contribution >= 4 is 41.1 Å². The maximum Gasteiger partial charge on any atom is 0.329 e. The van der Waals surface area contributed by atoms with Crippen LogP contribution in [0.2, 0.25) is 5.02 Å². The predicted molar refractivity (Wildman–Crippen MR) is 243 cm³/mol. The molecule has 1 saturated carbocycles. The van der Waals surface area contributed by atoms with Gasteiger partial charge >= 0.3 is 5.97 Å². The first-order valence-electron chi connectivity index (χ1n) is 23.1. The first-order valence-corrected chi connectivity index (χ1v) is 23.5.